The van der Waals surface area contributed by atoms with Gasteiger partial charge in [0.05, 0.1) is 6.54 Å². The van der Waals surface area contributed by atoms with Crippen LogP contribution in [0.25, 0.3) is 0 Å². The zero-order valence-electron chi connectivity index (χ0n) is 9.96. The van der Waals surface area contributed by atoms with Gasteiger partial charge in [0.15, 0.2) is 5.82 Å². The maximum Gasteiger partial charge on any atom is 0.229 e. The van der Waals surface area contributed by atoms with E-state index in [1.807, 2.05) is 12.4 Å². The summed E-state index contributed by atoms with van der Waals surface area (Å²) in [7, 11) is 0. The summed E-state index contributed by atoms with van der Waals surface area (Å²) in [6, 6.07) is 0. The summed E-state index contributed by atoms with van der Waals surface area (Å²) in [5.41, 5.74) is 0. The SMILES string of the molecule is CCc1nccn1Cc1noc(C2CCC2)n1. The molecule has 1 aliphatic rings. The van der Waals surface area contributed by atoms with E-state index < -0.39 is 0 Å². The highest BCUT2D eigenvalue weighted by Crippen LogP contribution is 2.35. The maximum atomic E-state index is 5.30. The van der Waals surface area contributed by atoms with E-state index in [1.54, 1.807) is 0 Å². The predicted octanol–water partition coefficient (Wildman–Crippen LogP) is 2.14. The summed E-state index contributed by atoms with van der Waals surface area (Å²) in [6.45, 7) is 2.74. The topological polar surface area (TPSA) is 56.7 Å². The molecule has 0 bridgehead atoms. The van der Waals surface area contributed by atoms with Gasteiger partial charge in [-0.3, -0.25) is 0 Å². The van der Waals surface area contributed by atoms with Gasteiger partial charge in [-0.1, -0.05) is 18.5 Å². The van der Waals surface area contributed by atoms with E-state index >= 15 is 0 Å². The highest BCUT2D eigenvalue weighted by Gasteiger charge is 2.25. The minimum Gasteiger partial charge on any atom is -0.339 e. The number of rotatable bonds is 4. The lowest BCUT2D eigenvalue weighted by atomic mass is 9.85. The summed E-state index contributed by atoms with van der Waals surface area (Å²) < 4.78 is 7.36. The molecule has 17 heavy (non-hydrogen) atoms. The summed E-state index contributed by atoms with van der Waals surface area (Å²) in [5.74, 6) is 3.12. The molecule has 0 unspecified atom stereocenters. The van der Waals surface area contributed by atoms with E-state index in [0.29, 0.717) is 12.5 Å². The minimum atomic E-state index is 0.504. The van der Waals surface area contributed by atoms with Gasteiger partial charge in [0.1, 0.15) is 5.82 Å². The largest absolute Gasteiger partial charge is 0.339 e. The lowest BCUT2D eigenvalue weighted by molar-refractivity contribution is 0.291. The number of aromatic nitrogens is 4. The van der Waals surface area contributed by atoms with E-state index in [9.17, 15) is 0 Å². The first kappa shape index (κ1) is 10.5. The molecule has 1 aliphatic carbocycles. The standard InChI is InChI=1S/C12H16N4O/c1-2-11-13-6-7-16(11)8-10-14-12(17-15-10)9-4-3-5-9/h6-7,9H,2-5,8H2,1H3. The lowest BCUT2D eigenvalue weighted by Crippen LogP contribution is -2.09. The van der Waals surface area contributed by atoms with Crippen molar-refractivity contribution in [3.8, 4) is 0 Å². The monoisotopic (exact) mass is 232 g/mol. The highest BCUT2D eigenvalue weighted by molar-refractivity contribution is 5.00. The van der Waals surface area contributed by atoms with Crippen molar-refractivity contribution >= 4 is 0 Å². The Balaban J connectivity index is 1.74. The van der Waals surface area contributed by atoms with E-state index in [1.165, 1.54) is 19.3 Å². The van der Waals surface area contributed by atoms with Crippen LogP contribution in [0.3, 0.4) is 0 Å². The zero-order valence-corrected chi connectivity index (χ0v) is 9.96. The molecule has 5 nitrogen and oxygen atoms in total. The van der Waals surface area contributed by atoms with Gasteiger partial charge in [-0.15, -0.1) is 0 Å². The Labute approximate surface area is 99.9 Å². The second-order valence-corrected chi connectivity index (χ2v) is 4.50. The summed E-state index contributed by atoms with van der Waals surface area (Å²) in [6.07, 6.45) is 8.34. The minimum absolute atomic E-state index is 0.504. The molecule has 1 fully saturated rings. The molecule has 2 aromatic heterocycles. The van der Waals surface area contributed by atoms with Gasteiger partial charge in [-0.05, 0) is 12.8 Å². The Hall–Kier alpha value is -1.65. The normalized spacial score (nSPS) is 16.1. The van der Waals surface area contributed by atoms with Crippen molar-refractivity contribution in [1.82, 2.24) is 19.7 Å². The van der Waals surface area contributed by atoms with Gasteiger partial charge in [0.25, 0.3) is 0 Å². The molecule has 2 heterocycles. The Bertz CT molecular complexity index is 498. The van der Waals surface area contributed by atoms with Gasteiger partial charge in [-0.2, -0.15) is 4.98 Å². The van der Waals surface area contributed by atoms with Crippen LogP contribution in [0.4, 0.5) is 0 Å². The van der Waals surface area contributed by atoms with Crippen LogP contribution in [-0.4, -0.2) is 19.7 Å². The summed E-state index contributed by atoms with van der Waals surface area (Å²) in [4.78, 5) is 8.73. The first-order chi connectivity index (χ1) is 8.36. The van der Waals surface area contributed by atoms with E-state index in [4.69, 9.17) is 4.52 Å². The predicted molar refractivity (Wildman–Crippen MR) is 61.6 cm³/mol. The Kier molecular flexibility index (Phi) is 2.66. The average molecular weight is 232 g/mol. The molecule has 3 rings (SSSR count). The molecule has 0 spiro atoms. The van der Waals surface area contributed by atoms with Gasteiger partial charge >= 0.3 is 0 Å². The van der Waals surface area contributed by atoms with Crippen molar-refractivity contribution < 1.29 is 4.52 Å². The molecule has 0 atom stereocenters. The van der Waals surface area contributed by atoms with Crippen LogP contribution in [0.2, 0.25) is 0 Å². The van der Waals surface area contributed by atoms with Crippen molar-refractivity contribution in [1.29, 1.82) is 0 Å². The second-order valence-electron chi connectivity index (χ2n) is 4.50. The van der Waals surface area contributed by atoms with Gasteiger partial charge < -0.3 is 9.09 Å². The Morgan fingerprint density at radius 1 is 1.47 bits per heavy atom. The molecule has 1 saturated carbocycles. The highest BCUT2D eigenvalue weighted by atomic mass is 16.5. The van der Waals surface area contributed by atoms with Gasteiger partial charge in [0.2, 0.25) is 5.89 Å². The fourth-order valence-corrected chi connectivity index (χ4v) is 2.10. The van der Waals surface area contributed by atoms with Crippen LogP contribution in [0, 0.1) is 0 Å². The van der Waals surface area contributed by atoms with Gasteiger partial charge in [0, 0.05) is 24.7 Å². The van der Waals surface area contributed by atoms with Crippen molar-refractivity contribution in [2.24, 2.45) is 0 Å². The second kappa shape index (κ2) is 4.31. The molecular formula is C12H16N4O. The molecule has 0 N–H and O–H groups in total. The molecule has 2 aromatic rings. The third kappa shape index (κ3) is 1.97. The summed E-state index contributed by atoms with van der Waals surface area (Å²) >= 11 is 0. The fourth-order valence-electron chi connectivity index (χ4n) is 2.10. The Morgan fingerprint density at radius 2 is 2.35 bits per heavy atom. The molecular weight excluding hydrogens is 216 g/mol. The fraction of sp³-hybridized carbons (Fsp3) is 0.583. The van der Waals surface area contributed by atoms with E-state index in [2.05, 4.69) is 26.6 Å². The number of hydrogen-bond acceptors (Lipinski definition) is 4. The first-order valence-corrected chi connectivity index (χ1v) is 6.19. The van der Waals surface area contributed by atoms with E-state index in [0.717, 1.165) is 24.0 Å². The van der Waals surface area contributed by atoms with Crippen molar-refractivity contribution in [3.05, 3.63) is 29.9 Å². The number of aryl methyl sites for hydroxylation is 1. The van der Waals surface area contributed by atoms with Crippen LogP contribution >= 0.6 is 0 Å². The molecule has 5 heteroatoms. The number of imidazole rings is 1. The van der Waals surface area contributed by atoms with Crippen LogP contribution < -0.4 is 0 Å². The molecule has 90 valence electrons. The molecule has 0 aliphatic heterocycles. The first-order valence-electron chi connectivity index (χ1n) is 6.19. The molecule has 0 radical (unpaired) electrons. The van der Waals surface area contributed by atoms with Gasteiger partial charge in [-0.25, -0.2) is 4.98 Å². The molecule has 0 amide bonds. The van der Waals surface area contributed by atoms with Crippen LogP contribution in [-0.2, 0) is 13.0 Å². The zero-order chi connectivity index (χ0) is 11.7. The quantitative estimate of drug-likeness (QED) is 0.810. The van der Waals surface area contributed by atoms with Crippen molar-refractivity contribution in [3.63, 3.8) is 0 Å². The van der Waals surface area contributed by atoms with Crippen molar-refractivity contribution in [2.45, 2.75) is 45.1 Å². The smallest absolute Gasteiger partial charge is 0.229 e. The maximum absolute atomic E-state index is 5.30. The average Bonchev–Trinajstić information content (AvgIpc) is 2.86. The number of nitrogens with zero attached hydrogens (tertiary/aromatic N) is 4. The van der Waals surface area contributed by atoms with E-state index in [-0.39, 0.29) is 0 Å². The van der Waals surface area contributed by atoms with Crippen LogP contribution in [0.5, 0.6) is 0 Å². The summed E-state index contributed by atoms with van der Waals surface area (Å²) in [5, 5.41) is 4.03. The third-order valence-electron chi connectivity index (χ3n) is 3.37. The van der Waals surface area contributed by atoms with Crippen LogP contribution in [0.1, 0.15) is 49.6 Å². The molecule has 0 aromatic carbocycles. The lowest BCUT2D eigenvalue weighted by Gasteiger charge is -2.20. The van der Waals surface area contributed by atoms with Crippen LogP contribution in [0.15, 0.2) is 16.9 Å². The van der Waals surface area contributed by atoms with Crippen molar-refractivity contribution in [2.75, 3.05) is 0 Å². The molecule has 0 saturated heterocycles. The Morgan fingerprint density at radius 3 is 3.06 bits per heavy atom. The number of hydrogen-bond donors (Lipinski definition) is 0. The third-order valence-corrected chi connectivity index (χ3v) is 3.37.